The van der Waals surface area contributed by atoms with Crippen molar-refractivity contribution < 1.29 is 12.8 Å². The van der Waals surface area contributed by atoms with Crippen molar-refractivity contribution in [2.75, 3.05) is 32.9 Å². The third-order valence-corrected chi connectivity index (χ3v) is 5.66. The van der Waals surface area contributed by atoms with Gasteiger partial charge in [0.1, 0.15) is 5.82 Å². The Kier molecular flexibility index (Phi) is 5.82. The minimum Gasteiger partial charge on any atom is -0.299 e. The van der Waals surface area contributed by atoms with Crippen molar-refractivity contribution >= 4 is 21.6 Å². The summed E-state index contributed by atoms with van der Waals surface area (Å²) < 4.78 is 37.9. The highest BCUT2D eigenvalue weighted by Crippen LogP contribution is 2.22. The second-order valence-corrected chi connectivity index (χ2v) is 8.53. The predicted octanol–water partition coefficient (Wildman–Crippen LogP) is 2.58. The second kappa shape index (κ2) is 7.25. The zero-order chi connectivity index (χ0) is 16.3. The molecule has 0 spiro atoms. The number of nitrogens with zero attached hydrogens (tertiary/aromatic N) is 2. The Hall–Kier alpha value is -0.690. The lowest BCUT2D eigenvalue weighted by molar-refractivity contribution is 0.155. The van der Waals surface area contributed by atoms with Crippen molar-refractivity contribution in [3.63, 3.8) is 0 Å². The topological polar surface area (TPSA) is 40.6 Å². The molecule has 0 saturated carbocycles. The maximum atomic E-state index is 13.5. The largest absolute Gasteiger partial charge is 0.299 e. The Balaban J connectivity index is 1.94. The third kappa shape index (κ3) is 4.91. The first kappa shape index (κ1) is 17.7. The van der Waals surface area contributed by atoms with Crippen molar-refractivity contribution in [1.29, 1.82) is 0 Å². The molecule has 2 rings (SSSR count). The van der Waals surface area contributed by atoms with Gasteiger partial charge >= 0.3 is 0 Å². The number of benzene rings is 1. The molecule has 22 heavy (non-hydrogen) atoms. The molecular weight excluding hydrogens is 327 g/mol. The molecule has 0 aromatic heterocycles. The molecule has 1 saturated heterocycles. The zero-order valence-corrected chi connectivity index (χ0v) is 14.5. The number of rotatable bonds is 5. The van der Waals surface area contributed by atoms with Crippen LogP contribution in [0.15, 0.2) is 18.2 Å². The van der Waals surface area contributed by atoms with Gasteiger partial charge in [-0.15, -0.1) is 0 Å². The van der Waals surface area contributed by atoms with Crippen LogP contribution in [0.5, 0.6) is 0 Å². The standard InChI is InChI=1S/C15H22ClFN2O2S/c1-18(22(2,20)21)9-13-4-3-7-19(11-13)10-12-5-6-14(16)15(17)8-12/h5-6,8,13H,3-4,7,9-11H2,1-2H3/t13-/m0/s1. The Morgan fingerprint density at radius 1 is 1.45 bits per heavy atom. The van der Waals surface area contributed by atoms with Gasteiger partial charge in [-0.2, -0.15) is 0 Å². The first-order chi connectivity index (χ1) is 10.3. The molecule has 0 unspecified atom stereocenters. The lowest BCUT2D eigenvalue weighted by Crippen LogP contribution is -2.41. The minimum atomic E-state index is -3.14. The van der Waals surface area contributed by atoms with E-state index in [4.69, 9.17) is 11.6 Å². The highest BCUT2D eigenvalue weighted by molar-refractivity contribution is 7.88. The highest BCUT2D eigenvalue weighted by atomic mass is 35.5. The molecule has 124 valence electrons. The van der Waals surface area contributed by atoms with Crippen LogP contribution in [-0.4, -0.2) is 50.6 Å². The predicted molar refractivity (Wildman–Crippen MR) is 86.9 cm³/mol. The van der Waals surface area contributed by atoms with Crippen molar-refractivity contribution in [3.8, 4) is 0 Å². The lowest BCUT2D eigenvalue weighted by Gasteiger charge is -2.34. The number of sulfonamides is 1. The van der Waals surface area contributed by atoms with Gasteiger partial charge in [-0.05, 0) is 43.0 Å². The van der Waals surface area contributed by atoms with Crippen LogP contribution >= 0.6 is 11.6 Å². The highest BCUT2D eigenvalue weighted by Gasteiger charge is 2.23. The summed E-state index contributed by atoms with van der Waals surface area (Å²) in [6.45, 7) is 2.96. The Morgan fingerprint density at radius 2 is 2.18 bits per heavy atom. The molecular formula is C15H22ClFN2O2S. The van der Waals surface area contributed by atoms with Gasteiger partial charge < -0.3 is 0 Å². The van der Waals surface area contributed by atoms with Gasteiger partial charge in [0.15, 0.2) is 0 Å². The summed E-state index contributed by atoms with van der Waals surface area (Å²) in [5, 5.41) is 0.134. The number of likely N-dealkylation sites (tertiary alicyclic amines) is 1. The normalized spacial score (nSPS) is 20.5. The molecule has 4 nitrogen and oxygen atoms in total. The molecule has 0 radical (unpaired) electrons. The fourth-order valence-electron chi connectivity index (χ4n) is 2.84. The van der Waals surface area contributed by atoms with Gasteiger partial charge in [0.05, 0.1) is 11.3 Å². The van der Waals surface area contributed by atoms with Gasteiger partial charge in [-0.3, -0.25) is 4.90 Å². The van der Waals surface area contributed by atoms with E-state index < -0.39 is 15.8 Å². The van der Waals surface area contributed by atoms with Crippen LogP contribution in [0.4, 0.5) is 4.39 Å². The molecule has 0 aliphatic carbocycles. The molecule has 0 bridgehead atoms. The average Bonchev–Trinajstić information content (AvgIpc) is 2.42. The molecule has 1 atom stereocenters. The number of halogens is 2. The van der Waals surface area contributed by atoms with E-state index in [0.717, 1.165) is 31.5 Å². The van der Waals surface area contributed by atoms with Crippen LogP contribution in [0.25, 0.3) is 0 Å². The second-order valence-electron chi connectivity index (χ2n) is 6.04. The van der Waals surface area contributed by atoms with Gasteiger partial charge in [-0.1, -0.05) is 17.7 Å². The molecule has 0 amide bonds. The summed E-state index contributed by atoms with van der Waals surface area (Å²) in [5.74, 6) is -0.0878. The Bertz CT molecular complexity index is 624. The van der Waals surface area contributed by atoms with E-state index in [0.29, 0.717) is 19.0 Å². The molecule has 1 aliphatic rings. The van der Waals surface area contributed by atoms with E-state index >= 15 is 0 Å². The molecule has 1 aromatic rings. The fraction of sp³-hybridized carbons (Fsp3) is 0.600. The monoisotopic (exact) mass is 348 g/mol. The molecule has 0 N–H and O–H groups in total. The minimum absolute atomic E-state index is 0.134. The molecule has 7 heteroatoms. The SMILES string of the molecule is CN(C[C@@H]1CCCN(Cc2ccc(Cl)c(F)c2)C1)S(C)(=O)=O. The number of piperidine rings is 1. The maximum absolute atomic E-state index is 13.5. The van der Waals surface area contributed by atoms with Crippen LogP contribution in [-0.2, 0) is 16.6 Å². The van der Waals surface area contributed by atoms with Crippen LogP contribution < -0.4 is 0 Å². The van der Waals surface area contributed by atoms with Gasteiger partial charge in [0.25, 0.3) is 0 Å². The van der Waals surface area contributed by atoms with E-state index in [9.17, 15) is 12.8 Å². The van der Waals surface area contributed by atoms with E-state index in [1.165, 1.54) is 16.6 Å². The molecule has 1 aliphatic heterocycles. The fourth-order valence-corrected chi connectivity index (χ4v) is 3.44. The summed E-state index contributed by atoms with van der Waals surface area (Å²) in [5.41, 5.74) is 0.888. The van der Waals surface area contributed by atoms with E-state index in [1.807, 2.05) is 6.07 Å². The molecule has 1 fully saturated rings. The van der Waals surface area contributed by atoms with Crippen molar-refractivity contribution in [1.82, 2.24) is 9.21 Å². The summed E-state index contributed by atoms with van der Waals surface area (Å²) in [6.07, 6.45) is 3.27. The van der Waals surface area contributed by atoms with Crippen LogP contribution in [0.2, 0.25) is 5.02 Å². The van der Waals surface area contributed by atoms with Crippen LogP contribution in [0.1, 0.15) is 18.4 Å². The maximum Gasteiger partial charge on any atom is 0.210 e. The van der Waals surface area contributed by atoms with Crippen molar-refractivity contribution in [2.24, 2.45) is 5.92 Å². The summed E-state index contributed by atoms with van der Waals surface area (Å²) in [6, 6.07) is 4.87. The van der Waals surface area contributed by atoms with Gasteiger partial charge in [0, 0.05) is 26.7 Å². The zero-order valence-electron chi connectivity index (χ0n) is 12.9. The third-order valence-electron chi connectivity index (χ3n) is 4.07. The molecule has 1 aromatic carbocycles. The Morgan fingerprint density at radius 3 is 2.82 bits per heavy atom. The quantitative estimate of drug-likeness (QED) is 0.821. The average molecular weight is 349 g/mol. The van der Waals surface area contributed by atoms with Crippen molar-refractivity contribution in [2.45, 2.75) is 19.4 Å². The summed E-state index contributed by atoms with van der Waals surface area (Å²) in [7, 11) is -1.52. The summed E-state index contributed by atoms with van der Waals surface area (Å²) in [4.78, 5) is 2.24. The number of hydrogen-bond donors (Lipinski definition) is 0. The van der Waals surface area contributed by atoms with Crippen LogP contribution in [0.3, 0.4) is 0 Å². The first-order valence-corrected chi connectivity index (χ1v) is 9.56. The lowest BCUT2D eigenvalue weighted by atomic mass is 9.97. The summed E-state index contributed by atoms with van der Waals surface area (Å²) >= 11 is 5.70. The molecule has 1 heterocycles. The van der Waals surface area contributed by atoms with Crippen molar-refractivity contribution in [3.05, 3.63) is 34.6 Å². The Labute approximate surface area is 136 Å². The van der Waals surface area contributed by atoms with Gasteiger partial charge in [0.2, 0.25) is 10.0 Å². The number of hydrogen-bond acceptors (Lipinski definition) is 3. The van der Waals surface area contributed by atoms with E-state index in [2.05, 4.69) is 4.90 Å². The van der Waals surface area contributed by atoms with Crippen LogP contribution in [0, 0.1) is 11.7 Å². The van der Waals surface area contributed by atoms with Gasteiger partial charge in [-0.25, -0.2) is 17.1 Å². The smallest absolute Gasteiger partial charge is 0.210 e. The van der Waals surface area contributed by atoms with E-state index in [1.54, 1.807) is 13.1 Å². The van der Waals surface area contributed by atoms with E-state index in [-0.39, 0.29) is 5.02 Å². The first-order valence-electron chi connectivity index (χ1n) is 7.33.